The fraction of sp³-hybridized carbons (Fsp3) is 0.536. The third kappa shape index (κ3) is 3.39. The molecule has 0 unspecified atom stereocenters. The summed E-state index contributed by atoms with van der Waals surface area (Å²) in [6, 6.07) is 6.92. The van der Waals surface area contributed by atoms with E-state index in [0.717, 1.165) is 84.2 Å². The van der Waals surface area contributed by atoms with Gasteiger partial charge in [0, 0.05) is 43.1 Å². The minimum Gasteiger partial charge on any atom is -0.368 e. The van der Waals surface area contributed by atoms with Crippen LogP contribution in [0.1, 0.15) is 61.4 Å². The molecule has 7 heteroatoms. The summed E-state index contributed by atoms with van der Waals surface area (Å²) >= 11 is 0. The Labute approximate surface area is 206 Å². The highest BCUT2D eigenvalue weighted by Crippen LogP contribution is 2.50. The van der Waals surface area contributed by atoms with Crippen molar-refractivity contribution in [2.24, 2.45) is 17.6 Å². The number of carbonyl (C=O) groups excluding carboxylic acids is 1. The van der Waals surface area contributed by atoms with E-state index < -0.39 is 0 Å². The van der Waals surface area contributed by atoms with Crippen molar-refractivity contribution in [3.05, 3.63) is 41.7 Å². The highest BCUT2D eigenvalue weighted by molar-refractivity contribution is 6.03. The Morgan fingerprint density at radius 2 is 1.86 bits per heavy atom. The lowest BCUT2D eigenvalue weighted by Crippen LogP contribution is -2.60. The number of carbonyl (C=O) groups is 1. The Morgan fingerprint density at radius 3 is 2.51 bits per heavy atom. The molecule has 2 aromatic heterocycles. The lowest BCUT2D eigenvalue weighted by molar-refractivity contribution is -0.0415. The third-order valence-electron chi connectivity index (χ3n) is 9.05. The van der Waals surface area contributed by atoms with E-state index in [4.69, 9.17) is 10.7 Å². The second-order valence-electron chi connectivity index (χ2n) is 11.9. The van der Waals surface area contributed by atoms with E-state index in [9.17, 15) is 4.79 Å². The smallest absolute Gasteiger partial charge is 0.258 e. The van der Waals surface area contributed by atoms with Crippen LogP contribution in [0.4, 0.5) is 5.69 Å². The number of aryl methyl sites for hydroxylation is 1. The minimum absolute atomic E-state index is 0.140. The number of anilines is 1. The van der Waals surface area contributed by atoms with Crippen molar-refractivity contribution in [1.82, 2.24) is 19.9 Å². The summed E-state index contributed by atoms with van der Waals surface area (Å²) in [5, 5.41) is 0. The Balaban J connectivity index is 1.35. The van der Waals surface area contributed by atoms with E-state index in [-0.39, 0.29) is 11.4 Å². The van der Waals surface area contributed by atoms with Crippen molar-refractivity contribution in [3.8, 4) is 11.4 Å². The molecule has 3 aromatic rings. The molecule has 3 aliphatic heterocycles. The average molecular weight is 471 g/mol. The molecule has 182 valence electrons. The van der Waals surface area contributed by atoms with Gasteiger partial charge in [-0.1, -0.05) is 12.1 Å². The van der Waals surface area contributed by atoms with Crippen molar-refractivity contribution in [2.75, 3.05) is 18.0 Å². The van der Waals surface area contributed by atoms with Crippen LogP contribution < -0.4 is 10.6 Å². The number of imidazole rings is 1. The second kappa shape index (κ2) is 7.53. The van der Waals surface area contributed by atoms with Gasteiger partial charge < -0.3 is 20.5 Å². The number of fused-ring (bicyclic) bond motifs is 1. The molecule has 5 fully saturated rings. The number of benzene rings is 1. The van der Waals surface area contributed by atoms with Gasteiger partial charge in [-0.05, 0) is 75.8 Å². The number of nitrogens with one attached hydrogen (secondary N) is 1. The largest absolute Gasteiger partial charge is 0.368 e. The Morgan fingerprint density at radius 1 is 1.11 bits per heavy atom. The SMILES string of the molecule is Cc1cccc2[nH]c(-c3cncc(C(=O)N4C5CC6CC(C5)CC4C6)c3N3CC[C@](C)(N)C3)nc12. The fourth-order valence-electron chi connectivity index (χ4n) is 7.61. The molecule has 1 atom stereocenters. The number of hydrogen-bond acceptors (Lipinski definition) is 5. The average Bonchev–Trinajstić information content (AvgIpc) is 3.41. The van der Waals surface area contributed by atoms with Crippen LogP contribution in [0, 0.1) is 18.8 Å². The number of piperidine rings is 2. The fourth-order valence-corrected chi connectivity index (χ4v) is 7.61. The first-order valence-corrected chi connectivity index (χ1v) is 13.2. The summed E-state index contributed by atoms with van der Waals surface area (Å²) in [5.41, 5.74) is 11.9. The highest BCUT2D eigenvalue weighted by Gasteiger charge is 2.49. The number of nitrogens with zero attached hydrogens (tertiary/aromatic N) is 4. The van der Waals surface area contributed by atoms with Gasteiger partial charge in [-0.2, -0.15) is 0 Å². The molecule has 0 spiro atoms. The number of pyridine rings is 1. The highest BCUT2D eigenvalue weighted by atomic mass is 16.2. The number of aromatic amines is 1. The van der Waals surface area contributed by atoms with Crippen LogP contribution in [-0.4, -0.2) is 56.5 Å². The van der Waals surface area contributed by atoms with Gasteiger partial charge in [-0.25, -0.2) is 4.98 Å². The van der Waals surface area contributed by atoms with Crippen LogP contribution in [0.15, 0.2) is 30.6 Å². The molecule has 2 aliphatic carbocycles. The first-order chi connectivity index (χ1) is 16.9. The minimum atomic E-state index is -0.283. The molecule has 4 bridgehead atoms. The lowest BCUT2D eigenvalue weighted by Gasteiger charge is -2.56. The number of amides is 1. The van der Waals surface area contributed by atoms with Crippen molar-refractivity contribution in [3.63, 3.8) is 0 Å². The molecule has 35 heavy (non-hydrogen) atoms. The summed E-state index contributed by atoms with van der Waals surface area (Å²) in [7, 11) is 0. The molecular weight excluding hydrogens is 436 g/mol. The quantitative estimate of drug-likeness (QED) is 0.597. The van der Waals surface area contributed by atoms with Crippen LogP contribution in [0.3, 0.4) is 0 Å². The van der Waals surface area contributed by atoms with Crippen LogP contribution in [0.2, 0.25) is 0 Å². The lowest BCUT2D eigenvalue weighted by atomic mass is 9.63. The van der Waals surface area contributed by atoms with Crippen LogP contribution in [0.25, 0.3) is 22.4 Å². The van der Waals surface area contributed by atoms with Crippen molar-refractivity contribution >= 4 is 22.6 Å². The molecule has 3 saturated heterocycles. The van der Waals surface area contributed by atoms with Gasteiger partial charge in [0.1, 0.15) is 5.82 Å². The predicted molar refractivity (Wildman–Crippen MR) is 137 cm³/mol. The van der Waals surface area contributed by atoms with E-state index in [2.05, 4.69) is 39.7 Å². The first-order valence-electron chi connectivity index (χ1n) is 13.2. The van der Waals surface area contributed by atoms with Gasteiger partial charge in [0.2, 0.25) is 0 Å². The second-order valence-corrected chi connectivity index (χ2v) is 11.9. The molecule has 5 aliphatic rings. The molecule has 0 radical (unpaired) electrons. The molecule has 8 rings (SSSR count). The van der Waals surface area contributed by atoms with Crippen molar-refractivity contribution in [2.45, 2.75) is 70.0 Å². The molecule has 1 amide bonds. The van der Waals surface area contributed by atoms with Crippen LogP contribution >= 0.6 is 0 Å². The van der Waals surface area contributed by atoms with Gasteiger partial charge in [0.05, 0.1) is 27.8 Å². The van der Waals surface area contributed by atoms with Crippen LogP contribution in [-0.2, 0) is 0 Å². The van der Waals surface area contributed by atoms with E-state index in [0.29, 0.717) is 24.2 Å². The van der Waals surface area contributed by atoms with Gasteiger partial charge in [-0.3, -0.25) is 9.78 Å². The maximum absolute atomic E-state index is 14.3. The van der Waals surface area contributed by atoms with Crippen molar-refractivity contribution < 1.29 is 4.79 Å². The van der Waals surface area contributed by atoms with E-state index in [1.54, 1.807) is 6.20 Å². The van der Waals surface area contributed by atoms with E-state index in [1.165, 1.54) is 6.42 Å². The zero-order valence-corrected chi connectivity index (χ0v) is 20.6. The summed E-state index contributed by atoms with van der Waals surface area (Å²) in [4.78, 5) is 31.9. The van der Waals surface area contributed by atoms with E-state index >= 15 is 0 Å². The number of hydrogen-bond donors (Lipinski definition) is 2. The third-order valence-corrected chi connectivity index (χ3v) is 9.05. The zero-order chi connectivity index (χ0) is 23.9. The molecular formula is C28H34N6O. The van der Waals surface area contributed by atoms with Gasteiger partial charge in [0.15, 0.2) is 0 Å². The number of rotatable bonds is 3. The predicted octanol–water partition coefficient (Wildman–Crippen LogP) is 4.26. The van der Waals surface area contributed by atoms with Crippen molar-refractivity contribution in [1.29, 1.82) is 0 Å². The first kappa shape index (κ1) is 21.4. The topological polar surface area (TPSA) is 91.1 Å². The molecule has 1 aromatic carbocycles. The number of H-pyrrole nitrogens is 1. The molecule has 3 N–H and O–H groups in total. The number of aromatic nitrogens is 3. The normalized spacial score (nSPS) is 31.6. The van der Waals surface area contributed by atoms with Crippen LogP contribution in [0.5, 0.6) is 0 Å². The summed E-state index contributed by atoms with van der Waals surface area (Å²) in [6.07, 6.45) is 10.5. The number of para-hydroxylation sites is 1. The molecule has 2 saturated carbocycles. The standard InChI is InChI=1S/C28H34N6O/c1-16-4-3-5-23-24(16)32-26(31-23)21-13-30-14-22(25(21)33-7-6-28(2,29)15-33)27(35)34-19-9-17-8-18(11-19)12-20(34)10-17/h3-5,13-14,17-20H,6-12,15,29H2,1-2H3,(H,31,32)/t17?,18?,19?,20?,28-/m0/s1. The van der Waals surface area contributed by atoms with Gasteiger partial charge in [-0.15, -0.1) is 0 Å². The molecule has 7 nitrogen and oxygen atoms in total. The Hall–Kier alpha value is -2.93. The maximum atomic E-state index is 14.3. The monoisotopic (exact) mass is 470 g/mol. The van der Waals surface area contributed by atoms with Gasteiger partial charge >= 0.3 is 0 Å². The summed E-state index contributed by atoms with van der Waals surface area (Å²) < 4.78 is 0. The number of nitrogens with two attached hydrogens (primary N) is 1. The van der Waals surface area contributed by atoms with Gasteiger partial charge in [0.25, 0.3) is 5.91 Å². The molecule has 5 heterocycles. The Bertz CT molecular complexity index is 1300. The summed E-state index contributed by atoms with van der Waals surface area (Å²) in [6.45, 7) is 5.70. The van der Waals surface area contributed by atoms with E-state index in [1.807, 2.05) is 18.3 Å². The Kier molecular flexibility index (Phi) is 4.60. The zero-order valence-electron chi connectivity index (χ0n) is 20.6. The maximum Gasteiger partial charge on any atom is 0.258 e. The summed E-state index contributed by atoms with van der Waals surface area (Å²) in [5.74, 6) is 2.51.